The first-order chi connectivity index (χ1) is 39.0. The highest BCUT2D eigenvalue weighted by Crippen LogP contribution is 2.24. The van der Waals surface area contributed by atoms with Gasteiger partial charge in [-0.3, -0.25) is 43.2 Å². The van der Waals surface area contributed by atoms with Gasteiger partial charge in [-0.1, -0.05) is 88.3 Å². The number of hydrogen-bond donors (Lipinski definition) is 9. The lowest BCUT2D eigenvalue weighted by molar-refractivity contribution is -0.155. The minimum atomic E-state index is -1.78. The molecular formula is C61H112N10O14. The Labute approximate surface area is 507 Å². The van der Waals surface area contributed by atoms with Crippen LogP contribution in [0.3, 0.4) is 0 Å². The molecule has 0 saturated carbocycles. The van der Waals surface area contributed by atoms with Gasteiger partial charge in [0.05, 0.1) is 23.9 Å². The van der Waals surface area contributed by atoms with Gasteiger partial charge >= 0.3 is 5.97 Å². The summed E-state index contributed by atoms with van der Waals surface area (Å²) in [4.78, 5) is 145. The van der Waals surface area contributed by atoms with E-state index in [1.165, 1.54) is 58.8 Å². The zero-order chi connectivity index (χ0) is 66.5. The van der Waals surface area contributed by atoms with E-state index in [0.717, 1.165) is 9.80 Å². The molecule has 0 rings (SSSR count). The Bertz CT molecular complexity index is 2230. The molecule has 0 aromatic carbocycles. The molecular weight excluding hydrogens is 1100 g/mol. The summed E-state index contributed by atoms with van der Waals surface area (Å²) in [6, 6.07) is -12.5. The minimum Gasteiger partial charge on any atom is -0.480 e. The maximum atomic E-state index is 14.7. The van der Waals surface area contributed by atoms with Gasteiger partial charge in [-0.2, -0.15) is 0 Å². The summed E-state index contributed by atoms with van der Waals surface area (Å²) in [5, 5.41) is 47.9. The molecule has 9 N–H and O–H groups in total. The van der Waals surface area contributed by atoms with E-state index in [1.807, 2.05) is 76.2 Å². The van der Waals surface area contributed by atoms with Crippen LogP contribution < -0.4 is 31.9 Å². The van der Waals surface area contributed by atoms with Crippen molar-refractivity contribution in [3.05, 3.63) is 12.2 Å². The number of ether oxygens (including phenoxy) is 1. The van der Waals surface area contributed by atoms with Crippen molar-refractivity contribution in [1.29, 1.82) is 0 Å². The molecule has 0 aliphatic rings. The van der Waals surface area contributed by atoms with Crippen LogP contribution in [-0.4, -0.2) is 214 Å². The molecule has 0 aromatic rings. The molecule has 0 aromatic heterocycles. The largest absolute Gasteiger partial charge is 0.480 e. The summed E-state index contributed by atoms with van der Waals surface area (Å²) in [6.45, 7) is 33.1. The lowest BCUT2D eigenvalue weighted by Gasteiger charge is -2.40. The Kier molecular flexibility index (Phi) is 34.0. The second-order valence-electron chi connectivity index (χ2n) is 26.1. The third-order valence-corrected chi connectivity index (χ3v) is 14.7. The average Bonchev–Trinajstić information content (AvgIpc) is 2.61. The number of likely N-dealkylation sites (N-methyl/N-ethyl adjacent to an activating group) is 5. The first kappa shape index (κ1) is 79.3. The van der Waals surface area contributed by atoms with Crippen molar-refractivity contribution < 1.29 is 68.0 Å². The number of carboxylic acids is 1. The number of rotatable bonds is 36. The second kappa shape index (κ2) is 36.4. The maximum Gasteiger partial charge on any atom is 0.328 e. The van der Waals surface area contributed by atoms with Crippen molar-refractivity contribution in [1.82, 2.24) is 51.5 Å². The van der Waals surface area contributed by atoms with E-state index in [1.54, 1.807) is 53.8 Å². The number of aliphatic hydroxyl groups is 2. The number of nitrogens with zero attached hydrogens (tertiary/aromatic N) is 4. The second-order valence-corrected chi connectivity index (χ2v) is 26.1. The SMILES string of the molecule is C/C=C/C[C@@H](C)[C@@H](O)[C@@H](C(=O)N[C@H](C(=O)O)[C@@H](C)O)N(C)C(=O)[C@H](C(C)C)N(C)C(=O)[C@H](CC(C)C)NC(=O)[C@H](CC(C)C)N(C)C(=O)[C@@H](C)NC(=O)[C@H](C)NC(=O)[C@H](CC(C)C)N(C)C(=O)[C@H](CC(C)C)NC(=O)[C@@H](NC)C(C)OC(C)(C)C. The van der Waals surface area contributed by atoms with E-state index in [2.05, 4.69) is 31.9 Å². The Morgan fingerprint density at radius 3 is 1.31 bits per heavy atom. The number of carbonyl (C=O) groups is 10. The lowest BCUT2D eigenvalue weighted by atomic mass is 9.91. The fraction of sp³-hybridized carbons (Fsp3) is 0.803. The summed E-state index contributed by atoms with van der Waals surface area (Å²) >= 11 is 0. The van der Waals surface area contributed by atoms with Crippen molar-refractivity contribution in [3.63, 3.8) is 0 Å². The summed E-state index contributed by atoms with van der Waals surface area (Å²) in [7, 11) is 7.14. The van der Waals surface area contributed by atoms with Gasteiger partial charge in [0.2, 0.25) is 53.2 Å². The minimum absolute atomic E-state index is 0.0245. The molecule has 85 heavy (non-hydrogen) atoms. The van der Waals surface area contributed by atoms with Gasteiger partial charge < -0.3 is 71.6 Å². The zero-order valence-corrected chi connectivity index (χ0v) is 55.8. The van der Waals surface area contributed by atoms with Crippen molar-refractivity contribution in [3.8, 4) is 0 Å². The fourth-order valence-electron chi connectivity index (χ4n) is 10.1. The third kappa shape index (κ3) is 25.6. The Morgan fingerprint density at radius 2 is 0.906 bits per heavy atom. The third-order valence-electron chi connectivity index (χ3n) is 14.7. The molecule has 1 unspecified atom stereocenters. The quantitative estimate of drug-likeness (QED) is 0.0408. The number of nitrogens with one attached hydrogen (secondary N) is 6. The molecule has 0 fully saturated rings. The zero-order valence-electron chi connectivity index (χ0n) is 55.8. The molecule has 14 atom stereocenters. The summed E-state index contributed by atoms with van der Waals surface area (Å²) < 4.78 is 6.04. The van der Waals surface area contributed by atoms with Gasteiger partial charge in [-0.15, -0.1) is 0 Å². The molecule has 0 aliphatic carbocycles. The number of carboxylic acid groups (broad SMARTS) is 1. The number of amides is 9. The Balaban J connectivity index is 6.79. The van der Waals surface area contributed by atoms with Crippen LogP contribution in [0.1, 0.15) is 164 Å². The molecule has 0 spiro atoms. The highest BCUT2D eigenvalue weighted by molar-refractivity contribution is 5.98. The van der Waals surface area contributed by atoms with Crippen LogP contribution in [0, 0.1) is 35.5 Å². The van der Waals surface area contributed by atoms with Crippen LogP contribution in [0.15, 0.2) is 12.2 Å². The van der Waals surface area contributed by atoms with E-state index in [0.29, 0.717) is 0 Å². The van der Waals surface area contributed by atoms with Crippen LogP contribution in [0.5, 0.6) is 0 Å². The molecule has 0 saturated heterocycles. The van der Waals surface area contributed by atoms with E-state index >= 15 is 0 Å². The Morgan fingerprint density at radius 1 is 0.494 bits per heavy atom. The van der Waals surface area contributed by atoms with Gasteiger partial charge in [0, 0.05) is 28.2 Å². The van der Waals surface area contributed by atoms with Crippen LogP contribution in [0.2, 0.25) is 0 Å². The Hall–Kier alpha value is -5.72. The number of hydrogen-bond acceptors (Lipinski definition) is 14. The van der Waals surface area contributed by atoms with Crippen LogP contribution >= 0.6 is 0 Å². The predicted octanol–water partition coefficient (Wildman–Crippen LogP) is 2.82. The van der Waals surface area contributed by atoms with Crippen molar-refractivity contribution >= 4 is 59.1 Å². The van der Waals surface area contributed by atoms with Gasteiger partial charge in [0.15, 0.2) is 6.04 Å². The molecule has 490 valence electrons. The summed E-state index contributed by atoms with van der Waals surface area (Å²) in [5.41, 5.74) is -0.545. The van der Waals surface area contributed by atoms with E-state index in [-0.39, 0.29) is 55.8 Å². The van der Waals surface area contributed by atoms with Crippen molar-refractivity contribution in [2.24, 2.45) is 35.5 Å². The standard InChI is InChI=1S/C61H112N10O14/c1-25-26-27-37(12)50(73)49(55(78)67-46(40(15)72)60(83)84)71(24)59(82)48(36(10)11)70(23)58(81)43(29-33(4)5)65-53(76)45(31-35(8)9)68(21)56(79)39(14)64-51(74)38(13)63-52(75)44(30-34(6)7)69(22)57(80)42(28-32(2)3)66-54(77)47(62-20)41(16)85-61(17,18)19/h25-26,32-50,62,72-73H,27-31H2,1-24H3,(H,63,75)(H,64,74)(H,65,76)(H,66,77)(H,67,78)(H,83,84)/b26-25+/t37-,38+,39-,40-,41?,42+,43+,44+,45+,46+,47+,48+,49+,50-/m1/s1. The van der Waals surface area contributed by atoms with Gasteiger partial charge in [0.1, 0.15) is 54.4 Å². The molecule has 24 heteroatoms. The predicted molar refractivity (Wildman–Crippen MR) is 327 cm³/mol. The number of carbonyl (C=O) groups excluding carboxylic acids is 9. The van der Waals surface area contributed by atoms with E-state index < -0.39 is 155 Å². The summed E-state index contributed by atoms with van der Waals surface area (Å²) in [6.07, 6.45) is 0.853. The first-order valence-electron chi connectivity index (χ1n) is 30.1. The smallest absolute Gasteiger partial charge is 0.328 e. The molecule has 0 aliphatic heterocycles. The number of aliphatic hydroxyl groups excluding tert-OH is 2. The highest BCUT2D eigenvalue weighted by Gasteiger charge is 2.44. The van der Waals surface area contributed by atoms with Gasteiger partial charge in [-0.05, 0) is 130 Å². The van der Waals surface area contributed by atoms with Gasteiger partial charge in [-0.25, -0.2) is 4.79 Å². The normalized spacial score (nSPS) is 17.0. The lowest BCUT2D eigenvalue weighted by Crippen LogP contribution is -2.63. The average molecular weight is 1210 g/mol. The molecule has 0 radical (unpaired) electrons. The van der Waals surface area contributed by atoms with E-state index in [4.69, 9.17) is 4.74 Å². The van der Waals surface area contributed by atoms with Crippen molar-refractivity contribution in [2.75, 3.05) is 35.2 Å². The number of aliphatic carboxylic acids is 1. The molecule has 24 nitrogen and oxygen atoms in total. The highest BCUT2D eigenvalue weighted by atomic mass is 16.5. The topological polar surface area (TPSA) is 326 Å². The van der Waals surface area contributed by atoms with Crippen LogP contribution in [0.25, 0.3) is 0 Å². The molecule has 0 heterocycles. The monoisotopic (exact) mass is 1210 g/mol. The summed E-state index contributed by atoms with van der Waals surface area (Å²) in [5.74, 6) is -9.46. The fourth-order valence-corrected chi connectivity index (χ4v) is 10.1. The van der Waals surface area contributed by atoms with Gasteiger partial charge in [0.25, 0.3) is 0 Å². The van der Waals surface area contributed by atoms with Crippen LogP contribution in [0.4, 0.5) is 0 Å². The van der Waals surface area contributed by atoms with E-state index in [9.17, 15) is 63.3 Å². The molecule has 0 bridgehead atoms. The maximum absolute atomic E-state index is 14.7. The van der Waals surface area contributed by atoms with Crippen LogP contribution in [-0.2, 0) is 52.7 Å². The van der Waals surface area contributed by atoms with Crippen molar-refractivity contribution in [2.45, 2.75) is 248 Å². The first-order valence-corrected chi connectivity index (χ1v) is 30.1. The number of allylic oxidation sites excluding steroid dienone is 2. The molecule has 9 amide bonds.